The lowest BCUT2D eigenvalue weighted by Gasteiger charge is -1.95. The van der Waals surface area contributed by atoms with Crippen molar-refractivity contribution in [3.05, 3.63) is 35.9 Å². The molecule has 0 aliphatic heterocycles. The summed E-state index contributed by atoms with van der Waals surface area (Å²) in [5.74, 6) is 0. The maximum absolute atomic E-state index is 2.26. The summed E-state index contributed by atoms with van der Waals surface area (Å²) in [6.45, 7) is 2.26. The molecule has 1 aromatic carbocycles. The van der Waals surface area contributed by atoms with Crippen LogP contribution in [0.2, 0.25) is 5.28 Å². The molecule has 0 N–H and O–H groups in total. The lowest BCUT2D eigenvalue weighted by Crippen LogP contribution is -1.92. The first-order valence-electron chi connectivity index (χ1n) is 3.79. The average molecular weight is 149 g/mol. The Labute approximate surface area is 70.5 Å². The van der Waals surface area contributed by atoms with Crippen molar-refractivity contribution in [1.82, 2.24) is 0 Å². The van der Waals surface area contributed by atoms with E-state index in [-0.39, 0.29) is 1.43 Å². The molecule has 0 atom stereocenters. The van der Waals surface area contributed by atoms with Crippen LogP contribution in [0.1, 0.15) is 13.9 Å². The average Bonchev–Trinajstić information content (AvgIpc) is 2.03. The van der Waals surface area contributed by atoms with Crippen LogP contribution in [-0.2, 0) is 5.28 Å². The second-order valence-electron chi connectivity index (χ2n) is 2.39. The van der Waals surface area contributed by atoms with E-state index < -0.39 is 0 Å². The highest BCUT2D eigenvalue weighted by molar-refractivity contribution is 6.34. The van der Waals surface area contributed by atoms with Gasteiger partial charge in [-0.3, -0.25) is 0 Å². The standard InChI is InChI=1S/C7H7.C2H5.Al.H2/c1-7-5-3-2-4-6-7;1-2;;/h2-6H,1H2;1H2,2H3;;1H. The van der Waals surface area contributed by atoms with Gasteiger partial charge in [0.1, 0.15) is 0 Å². The van der Waals surface area contributed by atoms with Gasteiger partial charge in [0.05, 0.1) is 0 Å². The molecule has 1 aromatic rings. The molecule has 53 valence electrons. The zero-order valence-corrected chi connectivity index (χ0v) is 7.53. The van der Waals surface area contributed by atoms with Gasteiger partial charge in [-0.1, -0.05) is 48.1 Å². The Bertz CT molecular complexity index is 174. The first-order valence-corrected chi connectivity index (χ1v) is 5.42. The van der Waals surface area contributed by atoms with Gasteiger partial charge in [-0.15, -0.1) is 5.28 Å². The van der Waals surface area contributed by atoms with Gasteiger partial charge in [-0.25, -0.2) is 0 Å². The number of hydrogen-bond donors (Lipinski definition) is 0. The maximum Gasteiger partial charge on any atom is 0.206 e. The minimum Gasteiger partial charge on any atom is -0.106 e. The van der Waals surface area contributed by atoms with Crippen LogP contribution in [0.25, 0.3) is 0 Å². The van der Waals surface area contributed by atoms with Crippen molar-refractivity contribution in [3.63, 3.8) is 0 Å². The largest absolute Gasteiger partial charge is 0.206 e. The van der Waals surface area contributed by atoms with Crippen LogP contribution in [0.15, 0.2) is 30.3 Å². The van der Waals surface area contributed by atoms with E-state index in [4.69, 9.17) is 0 Å². The van der Waals surface area contributed by atoms with Crippen molar-refractivity contribution in [2.24, 2.45) is 0 Å². The molecule has 0 aliphatic rings. The van der Waals surface area contributed by atoms with Gasteiger partial charge in [-0.2, -0.15) is 0 Å². The Balaban J connectivity index is 0.000001000. The predicted molar refractivity (Wildman–Crippen MR) is 48.5 cm³/mol. The van der Waals surface area contributed by atoms with E-state index in [0.717, 1.165) is 0 Å². The van der Waals surface area contributed by atoms with Crippen molar-refractivity contribution in [2.45, 2.75) is 17.5 Å². The van der Waals surface area contributed by atoms with Gasteiger partial charge in [0.2, 0.25) is 15.2 Å². The van der Waals surface area contributed by atoms with E-state index in [1.54, 1.807) is 0 Å². The normalized spacial score (nSPS) is 9.30. The van der Waals surface area contributed by atoms with Gasteiger partial charge in [-0.05, 0) is 0 Å². The van der Waals surface area contributed by atoms with Gasteiger partial charge >= 0.3 is 0 Å². The van der Waals surface area contributed by atoms with Crippen molar-refractivity contribution in [1.29, 1.82) is 0 Å². The summed E-state index contributed by atoms with van der Waals surface area (Å²) in [6.07, 6.45) is 0. The van der Waals surface area contributed by atoms with Crippen molar-refractivity contribution < 1.29 is 1.43 Å². The first-order chi connectivity index (χ1) is 4.93. The first kappa shape index (κ1) is 7.86. The third-order valence-electron chi connectivity index (χ3n) is 1.51. The zero-order valence-electron chi connectivity index (χ0n) is 6.38. The zero-order chi connectivity index (χ0) is 7.23. The quantitative estimate of drug-likeness (QED) is 0.579. The summed E-state index contributed by atoms with van der Waals surface area (Å²) >= 11 is 0.658. The van der Waals surface area contributed by atoms with E-state index in [1.165, 1.54) is 16.1 Å². The topological polar surface area (TPSA) is 0 Å². The molecule has 0 unspecified atom stereocenters. The summed E-state index contributed by atoms with van der Waals surface area (Å²) in [4.78, 5) is 0. The lowest BCUT2D eigenvalue weighted by atomic mass is 10.2. The van der Waals surface area contributed by atoms with E-state index in [2.05, 4.69) is 37.3 Å². The fourth-order valence-electron chi connectivity index (χ4n) is 0.925. The summed E-state index contributed by atoms with van der Waals surface area (Å²) in [5, 5.41) is 2.69. The molecule has 0 saturated heterocycles. The Morgan fingerprint density at radius 1 is 1.30 bits per heavy atom. The molecule has 0 nitrogen and oxygen atoms in total. The van der Waals surface area contributed by atoms with E-state index in [1.807, 2.05) is 0 Å². The van der Waals surface area contributed by atoms with Crippen LogP contribution in [0.3, 0.4) is 0 Å². The van der Waals surface area contributed by atoms with E-state index >= 15 is 0 Å². The van der Waals surface area contributed by atoms with Crippen molar-refractivity contribution in [3.8, 4) is 0 Å². The minimum absolute atomic E-state index is 0. The van der Waals surface area contributed by atoms with Gasteiger partial charge in [0, 0.05) is 1.43 Å². The summed E-state index contributed by atoms with van der Waals surface area (Å²) in [5.41, 5.74) is 1.50. The van der Waals surface area contributed by atoms with Crippen molar-refractivity contribution >= 4 is 15.2 Å². The van der Waals surface area contributed by atoms with Crippen LogP contribution in [0, 0.1) is 0 Å². The molecule has 0 bridgehead atoms. The molecule has 0 saturated carbocycles. The Morgan fingerprint density at radius 2 is 2.00 bits per heavy atom. The second-order valence-corrected chi connectivity index (χ2v) is 4.19. The van der Waals surface area contributed by atoms with Gasteiger partial charge in [0.15, 0.2) is 0 Å². The molecular formula is C9H14Al. The monoisotopic (exact) mass is 149 g/mol. The second kappa shape index (κ2) is 4.55. The molecule has 1 radical (unpaired) electrons. The third-order valence-corrected chi connectivity index (χ3v) is 2.85. The summed E-state index contributed by atoms with van der Waals surface area (Å²) in [6, 6.07) is 10.7. The predicted octanol–water partition coefficient (Wildman–Crippen LogP) is 2.58. The molecule has 1 heteroatoms. The third kappa shape index (κ3) is 2.56. The van der Waals surface area contributed by atoms with Crippen LogP contribution in [0.5, 0.6) is 0 Å². The fourth-order valence-corrected chi connectivity index (χ4v) is 1.82. The van der Waals surface area contributed by atoms with Gasteiger partial charge < -0.3 is 0 Å². The molecule has 0 spiro atoms. The highest BCUT2D eigenvalue weighted by Crippen LogP contribution is 1.98. The Kier molecular flexibility index (Phi) is 3.57. The molecule has 0 aromatic heterocycles. The summed E-state index contributed by atoms with van der Waals surface area (Å²) in [7, 11) is 0. The summed E-state index contributed by atoms with van der Waals surface area (Å²) < 4.78 is 0. The SMILES string of the molecule is C[CH2][Al][CH2]c1ccccc1.[HH]. The smallest absolute Gasteiger partial charge is 0.106 e. The Hall–Kier alpha value is -0.248. The maximum atomic E-state index is 2.26. The number of benzene rings is 1. The molecule has 0 amide bonds. The van der Waals surface area contributed by atoms with Crippen LogP contribution >= 0.6 is 0 Å². The molecule has 0 fully saturated rings. The minimum atomic E-state index is 0. The van der Waals surface area contributed by atoms with Crippen LogP contribution in [-0.4, -0.2) is 15.2 Å². The molecule has 0 heterocycles. The molecular weight excluding hydrogens is 135 g/mol. The number of hydrogen-bond acceptors (Lipinski definition) is 0. The van der Waals surface area contributed by atoms with E-state index in [0.29, 0.717) is 15.2 Å². The van der Waals surface area contributed by atoms with Crippen molar-refractivity contribution in [2.75, 3.05) is 0 Å². The Morgan fingerprint density at radius 3 is 2.60 bits per heavy atom. The number of rotatable bonds is 3. The van der Waals surface area contributed by atoms with Gasteiger partial charge in [0.25, 0.3) is 0 Å². The van der Waals surface area contributed by atoms with Crippen LogP contribution < -0.4 is 0 Å². The van der Waals surface area contributed by atoms with E-state index in [9.17, 15) is 0 Å². The highest BCUT2D eigenvalue weighted by atomic mass is 27.1. The lowest BCUT2D eigenvalue weighted by molar-refractivity contribution is 1.33. The molecule has 0 aliphatic carbocycles. The highest BCUT2D eigenvalue weighted by Gasteiger charge is 1.90. The molecule has 10 heavy (non-hydrogen) atoms. The fraction of sp³-hybridized carbons (Fsp3) is 0.333. The molecule has 1 rings (SSSR count). The van der Waals surface area contributed by atoms with Crippen LogP contribution in [0.4, 0.5) is 0 Å².